The van der Waals surface area contributed by atoms with Gasteiger partial charge in [0.25, 0.3) is 5.91 Å². The van der Waals surface area contributed by atoms with Gasteiger partial charge in [-0.15, -0.1) is 0 Å². The van der Waals surface area contributed by atoms with E-state index in [0.29, 0.717) is 35.4 Å². The van der Waals surface area contributed by atoms with Crippen LogP contribution in [0.1, 0.15) is 66.3 Å². The lowest BCUT2D eigenvalue weighted by atomic mass is 10.0. The van der Waals surface area contributed by atoms with Gasteiger partial charge in [0.15, 0.2) is 5.78 Å². The molecule has 176 valence electrons. The number of carboxylic acid groups (broad SMARTS) is 1. The molecule has 0 aliphatic heterocycles. The number of imide groups is 1. The number of carbonyl (C=O) groups is 4. The zero-order chi connectivity index (χ0) is 24.6. The van der Waals surface area contributed by atoms with Crippen molar-refractivity contribution in [1.82, 2.24) is 4.90 Å². The van der Waals surface area contributed by atoms with E-state index in [9.17, 15) is 24.3 Å². The van der Waals surface area contributed by atoms with Gasteiger partial charge >= 0.3 is 12.1 Å². The Bertz CT molecular complexity index is 980. The number of nitrogens with zero attached hydrogens (tertiary/aromatic N) is 1. The molecule has 2 aromatic rings. The van der Waals surface area contributed by atoms with Gasteiger partial charge in [0.1, 0.15) is 11.6 Å². The minimum atomic E-state index is -1.41. The summed E-state index contributed by atoms with van der Waals surface area (Å²) in [4.78, 5) is 51.3. The molecule has 0 saturated carbocycles. The normalized spacial score (nSPS) is 12.0. The molecule has 0 radical (unpaired) electrons. The Hall–Kier alpha value is -3.52. The molecule has 0 unspecified atom stereocenters. The molecule has 0 heterocycles. The van der Waals surface area contributed by atoms with Gasteiger partial charge in [0.2, 0.25) is 0 Å². The number of ether oxygens (including phenoxy) is 1. The molecular formula is C25H30N2O6. The molecule has 0 aromatic heterocycles. The summed E-state index contributed by atoms with van der Waals surface area (Å²) >= 11 is 0. The third-order valence-corrected chi connectivity index (χ3v) is 4.77. The van der Waals surface area contributed by atoms with E-state index < -0.39 is 29.6 Å². The van der Waals surface area contributed by atoms with Crippen LogP contribution in [-0.4, -0.2) is 51.9 Å². The van der Waals surface area contributed by atoms with Gasteiger partial charge in [0, 0.05) is 16.7 Å². The molecular weight excluding hydrogens is 424 g/mol. The molecule has 0 spiro atoms. The van der Waals surface area contributed by atoms with E-state index in [1.54, 1.807) is 51.1 Å². The van der Waals surface area contributed by atoms with Gasteiger partial charge in [0.05, 0.1) is 0 Å². The Morgan fingerprint density at radius 3 is 1.97 bits per heavy atom. The Labute approximate surface area is 193 Å². The van der Waals surface area contributed by atoms with Crippen LogP contribution in [0.4, 0.5) is 4.79 Å². The average Bonchev–Trinajstić information content (AvgIpc) is 2.77. The molecule has 2 amide bonds. The molecule has 0 aliphatic rings. The van der Waals surface area contributed by atoms with Crippen LogP contribution in [0.2, 0.25) is 0 Å². The molecule has 33 heavy (non-hydrogen) atoms. The van der Waals surface area contributed by atoms with Crippen LogP contribution in [0.3, 0.4) is 0 Å². The Morgan fingerprint density at radius 2 is 1.45 bits per heavy atom. The molecule has 8 heteroatoms. The van der Waals surface area contributed by atoms with Gasteiger partial charge < -0.3 is 15.6 Å². The van der Waals surface area contributed by atoms with Gasteiger partial charge in [-0.25, -0.2) is 14.5 Å². The molecule has 2 aromatic carbocycles. The zero-order valence-electron chi connectivity index (χ0n) is 19.1. The fourth-order valence-corrected chi connectivity index (χ4v) is 3.17. The second-order valence-corrected chi connectivity index (χ2v) is 8.57. The minimum Gasteiger partial charge on any atom is -0.480 e. The maximum atomic E-state index is 13.3. The first-order valence-electron chi connectivity index (χ1n) is 10.7. The van der Waals surface area contributed by atoms with Crippen molar-refractivity contribution in [2.24, 2.45) is 5.73 Å². The predicted molar refractivity (Wildman–Crippen MR) is 123 cm³/mol. The summed E-state index contributed by atoms with van der Waals surface area (Å²) in [7, 11) is 0. The van der Waals surface area contributed by atoms with E-state index in [0.717, 1.165) is 0 Å². The largest absolute Gasteiger partial charge is 0.480 e. The molecule has 3 N–H and O–H groups in total. The van der Waals surface area contributed by atoms with Crippen LogP contribution >= 0.6 is 0 Å². The van der Waals surface area contributed by atoms with Crippen molar-refractivity contribution in [3.63, 3.8) is 0 Å². The molecule has 1 atom stereocenters. The van der Waals surface area contributed by atoms with Crippen LogP contribution in [0.5, 0.6) is 0 Å². The molecule has 2 rings (SSSR count). The fraction of sp³-hybridized carbons (Fsp3) is 0.360. The molecule has 8 nitrogen and oxygen atoms in total. The number of nitrogens with two attached hydrogens (primary N) is 1. The highest BCUT2D eigenvalue weighted by molar-refractivity contribution is 6.10. The number of ketones is 1. The van der Waals surface area contributed by atoms with Gasteiger partial charge in [-0.1, -0.05) is 42.5 Å². The number of hydrogen-bond donors (Lipinski definition) is 2. The Morgan fingerprint density at radius 1 is 0.909 bits per heavy atom. The Kier molecular flexibility index (Phi) is 8.87. The van der Waals surface area contributed by atoms with Crippen LogP contribution in [0, 0.1) is 0 Å². The van der Waals surface area contributed by atoms with Gasteiger partial charge in [-0.3, -0.25) is 9.59 Å². The van der Waals surface area contributed by atoms with Crippen LogP contribution in [-0.2, 0) is 9.53 Å². The number of carboxylic acids is 1. The van der Waals surface area contributed by atoms with Gasteiger partial charge in [-0.2, -0.15) is 0 Å². The predicted octanol–water partition coefficient (Wildman–Crippen LogP) is 3.88. The maximum Gasteiger partial charge on any atom is 0.418 e. The quantitative estimate of drug-likeness (QED) is 0.435. The molecule has 0 aliphatic carbocycles. The number of unbranched alkanes of at least 4 members (excludes halogenated alkanes) is 1. The maximum absolute atomic E-state index is 13.3. The van der Waals surface area contributed by atoms with E-state index >= 15 is 0 Å². The van der Waals surface area contributed by atoms with Crippen molar-refractivity contribution in [2.45, 2.75) is 51.7 Å². The van der Waals surface area contributed by atoms with Crippen molar-refractivity contribution >= 4 is 23.8 Å². The summed E-state index contributed by atoms with van der Waals surface area (Å²) in [5, 5.41) is 9.75. The first-order valence-corrected chi connectivity index (χ1v) is 10.7. The lowest BCUT2D eigenvalue weighted by molar-refractivity contribution is -0.142. The standard InChI is InChI=1S/C25H30N2O6/c1-25(2,3)33-24(32)27(20(23(30)31)11-7-8-16-26)22(29)19-14-12-18(13-15-19)21(28)17-9-5-4-6-10-17/h4-6,9-10,12-15,20H,7-8,11,16,26H2,1-3H3,(H,30,31)/t20-/m0/s1. The summed E-state index contributed by atoms with van der Waals surface area (Å²) in [6.45, 7) is 5.24. The monoisotopic (exact) mass is 454 g/mol. The van der Waals surface area contributed by atoms with E-state index in [-0.39, 0.29) is 17.8 Å². The number of aliphatic carboxylic acids is 1. The number of hydrogen-bond acceptors (Lipinski definition) is 6. The number of rotatable bonds is 9. The van der Waals surface area contributed by atoms with Crippen molar-refractivity contribution in [2.75, 3.05) is 6.54 Å². The zero-order valence-corrected chi connectivity index (χ0v) is 19.1. The summed E-state index contributed by atoms with van der Waals surface area (Å²) in [6.07, 6.45) is -0.0274. The highest BCUT2D eigenvalue weighted by atomic mass is 16.6. The topological polar surface area (TPSA) is 127 Å². The third kappa shape index (κ3) is 7.25. The van der Waals surface area contributed by atoms with Crippen molar-refractivity contribution in [1.29, 1.82) is 0 Å². The smallest absolute Gasteiger partial charge is 0.418 e. The second kappa shape index (κ2) is 11.4. The van der Waals surface area contributed by atoms with E-state index in [1.807, 2.05) is 0 Å². The molecule has 0 saturated heterocycles. The number of benzene rings is 2. The van der Waals surface area contributed by atoms with Crippen LogP contribution in [0.25, 0.3) is 0 Å². The fourth-order valence-electron chi connectivity index (χ4n) is 3.17. The molecule has 0 fully saturated rings. The van der Waals surface area contributed by atoms with Crippen LogP contribution < -0.4 is 5.73 Å². The number of carbonyl (C=O) groups excluding carboxylic acids is 3. The molecule has 0 bridgehead atoms. The first-order chi connectivity index (χ1) is 15.5. The third-order valence-electron chi connectivity index (χ3n) is 4.77. The average molecular weight is 455 g/mol. The van der Waals surface area contributed by atoms with Gasteiger partial charge in [-0.05, 0) is 58.7 Å². The van der Waals surface area contributed by atoms with E-state index in [2.05, 4.69) is 0 Å². The van der Waals surface area contributed by atoms with E-state index in [1.165, 1.54) is 24.3 Å². The van der Waals surface area contributed by atoms with Crippen molar-refractivity contribution in [3.05, 3.63) is 71.3 Å². The lowest BCUT2D eigenvalue weighted by Gasteiger charge is -2.30. The van der Waals surface area contributed by atoms with E-state index in [4.69, 9.17) is 10.5 Å². The second-order valence-electron chi connectivity index (χ2n) is 8.57. The van der Waals surface area contributed by atoms with Crippen molar-refractivity contribution in [3.8, 4) is 0 Å². The van der Waals surface area contributed by atoms with Crippen LogP contribution in [0.15, 0.2) is 54.6 Å². The summed E-state index contributed by atoms with van der Waals surface area (Å²) < 4.78 is 5.32. The van der Waals surface area contributed by atoms with Crippen molar-refractivity contribution < 1.29 is 29.0 Å². The first kappa shape index (κ1) is 25.7. The highest BCUT2D eigenvalue weighted by Gasteiger charge is 2.38. The summed E-state index contributed by atoms with van der Waals surface area (Å²) in [5.41, 5.74) is 5.49. The lowest BCUT2D eigenvalue weighted by Crippen LogP contribution is -2.50. The SMILES string of the molecule is CC(C)(C)OC(=O)N(C(=O)c1ccc(C(=O)c2ccccc2)cc1)[C@@H](CCCCN)C(=O)O. The highest BCUT2D eigenvalue weighted by Crippen LogP contribution is 2.20. The minimum absolute atomic E-state index is 0.0437. The summed E-state index contributed by atoms with van der Waals surface area (Å²) in [5.74, 6) is -2.35. The number of amides is 2. The summed E-state index contributed by atoms with van der Waals surface area (Å²) in [6, 6.07) is 13.0. The Balaban J connectivity index is 2.35.